The van der Waals surface area contributed by atoms with Gasteiger partial charge in [0.15, 0.2) is 10.8 Å². The van der Waals surface area contributed by atoms with Gasteiger partial charge in [-0.15, -0.1) is 11.3 Å². The molecule has 0 unspecified atom stereocenters. The molecule has 0 saturated carbocycles. The number of hydrogen-bond donors (Lipinski definition) is 0. The molecule has 3 heterocycles. The molecule has 1 fully saturated rings. The summed E-state index contributed by atoms with van der Waals surface area (Å²) in [6.45, 7) is 3.45. The zero-order valence-corrected chi connectivity index (χ0v) is 13.7. The Morgan fingerprint density at radius 1 is 1.45 bits per heavy atom. The largest absolute Gasteiger partial charge is 0.459 e. The Hall–Kier alpha value is -1.66. The molecule has 6 heteroatoms. The zero-order valence-electron chi connectivity index (χ0n) is 12.9. The van der Waals surface area contributed by atoms with Gasteiger partial charge in [-0.05, 0) is 31.9 Å². The summed E-state index contributed by atoms with van der Waals surface area (Å²) in [5, 5.41) is 2.77. The lowest BCUT2D eigenvalue weighted by molar-refractivity contribution is -0.132. The number of rotatable bonds is 4. The molecule has 1 saturated heterocycles. The predicted octanol–water partition coefficient (Wildman–Crippen LogP) is 2.89. The van der Waals surface area contributed by atoms with Crippen LogP contribution in [0.2, 0.25) is 0 Å². The molecule has 5 nitrogen and oxygen atoms in total. The lowest BCUT2D eigenvalue weighted by atomic mass is 10.1. The number of likely N-dealkylation sites (tertiary alicyclic amines) is 1. The lowest BCUT2D eigenvalue weighted by Crippen LogP contribution is -2.41. The third kappa shape index (κ3) is 3.39. The maximum atomic E-state index is 12.3. The standard InChI is InChI=1S/C16H20N2O3S/c1-11-3-4-14(21-11)16-17-12(10-22-16)9-15(19)18-7-5-13(20-2)6-8-18/h3-4,10,13H,5-9H2,1-2H3. The molecule has 0 atom stereocenters. The smallest absolute Gasteiger partial charge is 0.228 e. The van der Waals surface area contributed by atoms with Crippen LogP contribution >= 0.6 is 11.3 Å². The van der Waals surface area contributed by atoms with Gasteiger partial charge in [0, 0.05) is 25.6 Å². The van der Waals surface area contributed by atoms with Crippen molar-refractivity contribution >= 4 is 17.2 Å². The summed E-state index contributed by atoms with van der Waals surface area (Å²) in [7, 11) is 1.73. The fraction of sp³-hybridized carbons (Fsp3) is 0.500. The van der Waals surface area contributed by atoms with E-state index in [2.05, 4.69) is 4.98 Å². The quantitative estimate of drug-likeness (QED) is 0.869. The van der Waals surface area contributed by atoms with E-state index in [9.17, 15) is 4.79 Å². The molecule has 1 aliphatic rings. The number of carbonyl (C=O) groups excluding carboxylic acids is 1. The van der Waals surface area contributed by atoms with Crippen molar-refractivity contribution in [2.24, 2.45) is 0 Å². The van der Waals surface area contributed by atoms with Gasteiger partial charge in [0.1, 0.15) is 5.76 Å². The van der Waals surface area contributed by atoms with Crippen LogP contribution in [0, 0.1) is 6.92 Å². The van der Waals surface area contributed by atoms with Crippen LogP contribution in [-0.2, 0) is 16.0 Å². The first-order valence-corrected chi connectivity index (χ1v) is 8.35. The summed E-state index contributed by atoms with van der Waals surface area (Å²) >= 11 is 1.51. The van der Waals surface area contributed by atoms with Crippen molar-refractivity contribution in [3.63, 3.8) is 0 Å². The highest BCUT2D eigenvalue weighted by molar-refractivity contribution is 7.13. The fourth-order valence-electron chi connectivity index (χ4n) is 2.66. The summed E-state index contributed by atoms with van der Waals surface area (Å²) in [6.07, 6.45) is 2.47. The van der Waals surface area contributed by atoms with Gasteiger partial charge < -0.3 is 14.1 Å². The molecule has 1 aliphatic heterocycles. The van der Waals surface area contributed by atoms with E-state index >= 15 is 0 Å². The monoisotopic (exact) mass is 320 g/mol. The Bertz CT molecular complexity index is 641. The van der Waals surface area contributed by atoms with Crippen molar-refractivity contribution in [3.8, 4) is 10.8 Å². The molecule has 118 valence electrons. The molecule has 3 rings (SSSR count). The Kier molecular flexibility index (Phi) is 4.59. The Labute approximate surface area is 133 Å². The number of thiazole rings is 1. The molecule has 0 aromatic carbocycles. The number of nitrogens with zero attached hydrogens (tertiary/aromatic N) is 2. The van der Waals surface area contributed by atoms with Gasteiger partial charge in [0.2, 0.25) is 5.91 Å². The number of aromatic nitrogens is 1. The van der Waals surface area contributed by atoms with Crippen LogP contribution in [0.25, 0.3) is 10.8 Å². The third-order valence-electron chi connectivity index (χ3n) is 3.96. The highest BCUT2D eigenvalue weighted by Gasteiger charge is 2.23. The van der Waals surface area contributed by atoms with Crippen molar-refractivity contribution in [2.75, 3.05) is 20.2 Å². The molecule has 2 aromatic heterocycles. The first-order chi connectivity index (χ1) is 10.7. The van der Waals surface area contributed by atoms with Gasteiger partial charge in [-0.1, -0.05) is 0 Å². The third-order valence-corrected chi connectivity index (χ3v) is 4.87. The second-order valence-corrected chi connectivity index (χ2v) is 6.41. The summed E-state index contributed by atoms with van der Waals surface area (Å²) in [5.41, 5.74) is 0.813. The minimum atomic E-state index is 0.141. The van der Waals surface area contributed by atoms with Gasteiger partial charge in [-0.2, -0.15) is 0 Å². The lowest BCUT2D eigenvalue weighted by Gasteiger charge is -2.31. The van der Waals surface area contributed by atoms with E-state index in [4.69, 9.17) is 9.15 Å². The Morgan fingerprint density at radius 3 is 2.86 bits per heavy atom. The van der Waals surface area contributed by atoms with E-state index in [0.29, 0.717) is 6.42 Å². The fourth-order valence-corrected chi connectivity index (χ4v) is 3.44. The molecule has 1 amide bonds. The van der Waals surface area contributed by atoms with Crippen molar-refractivity contribution < 1.29 is 13.9 Å². The highest BCUT2D eigenvalue weighted by atomic mass is 32.1. The van der Waals surface area contributed by atoms with Crippen LogP contribution < -0.4 is 0 Å². The number of aryl methyl sites for hydroxylation is 1. The molecule has 0 spiro atoms. The number of piperidine rings is 1. The van der Waals surface area contributed by atoms with E-state index in [1.165, 1.54) is 11.3 Å². The molecular formula is C16H20N2O3S. The SMILES string of the molecule is COC1CCN(C(=O)Cc2csc(-c3ccc(C)o3)n2)CC1. The van der Waals surface area contributed by atoms with Crippen molar-refractivity contribution in [1.29, 1.82) is 0 Å². The topological polar surface area (TPSA) is 55.6 Å². The zero-order chi connectivity index (χ0) is 15.5. The number of amides is 1. The maximum Gasteiger partial charge on any atom is 0.228 e. The summed E-state index contributed by atoms with van der Waals surface area (Å²) in [4.78, 5) is 18.8. The summed E-state index contributed by atoms with van der Waals surface area (Å²) in [6, 6.07) is 3.83. The normalized spacial score (nSPS) is 16.2. The van der Waals surface area contributed by atoms with Gasteiger partial charge in [0.05, 0.1) is 18.2 Å². The van der Waals surface area contributed by atoms with E-state index in [0.717, 1.165) is 48.2 Å². The van der Waals surface area contributed by atoms with E-state index in [-0.39, 0.29) is 12.0 Å². The van der Waals surface area contributed by atoms with Gasteiger partial charge >= 0.3 is 0 Å². The minimum absolute atomic E-state index is 0.141. The second-order valence-electron chi connectivity index (χ2n) is 5.55. The molecule has 0 bridgehead atoms. The van der Waals surface area contributed by atoms with Gasteiger partial charge in [-0.25, -0.2) is 4.98 Å². The van der Waals surface area contributed by atoms with E-state index < -0.39 is 0 Å². The van der Waals surface area contributed by atoms with Crippen LogP contribution in [0.1, 0.15) is 24.3 Å². The maximum absolute atomic E-state index is 12.3. The summed E-state index contributed by atoms with van der Waals surface area (Å²) < 4.78 is 10.9. The van der Waals surface area contributed by atoms with Gasteiger partial charge in [-0.3, -0.25) is 4.79 Å². The van der Waals surface area contributed by atoms with E-state index in [1.54, 1.807) is 7.11 Å². The molecule has 0 radical (unpaired) electrons. The average Bonchev–Trinajstić information content (AvgIpc) is 3.16. The number of hydrogen-bond acceptors (Lipinski definition) is 5. The first-order valence-electron chi connectivity index (χ1n) is 7.47. The second kappa shape index (κ2) is 6.62. The Balaban J connectivity index is 1.59. The molecule has 0 aliphatic carbocycles. The number of methoxy groups -OCH3 is 1. The van der Waals surface area contributed by atoms with Crippen molar-refractivity contribution in [2.45, 2.75) is 32.3 Å². The predicted molar refractivity (Wildman–Crippen MR) is 84.9 cm³/mol. The van der Waals surface area contributed by atoms with Crippen LogP contribution in [0.4, 0.5) is 0 Å². The Morgan fingerprint density at radius 2 is 2.23 bits per heavy atom. The number of furan rings is 1. The van der Waals surface area contributed by atoms with Crippen molar-refractivity contribution in [3.05, 3.63) is 29.0 Å². The summed E-state index contributed by atoms with van der Waals surface area (Å²) in [5.74, 6) is 1.77. The van der Waals surface area contributed by atoms with Crippen LogP contribution in [0.3, 0.4) is 0 Å². The van der Waals surface area contributed by atoms with Crippen LogP contribution in [0.15, 0.2) is 21.9 Å². The molecule has 2 aromatic rings. The highest BCUT2D eigenvalue weighted by Crippen LogP contribution is 2.26. The minimum Gasteiger partial charge on any atom is -0.459 e. The number of carbonyl (C=O) groups is 1. The van der Waals surface area contributed by atoms with Crippen LogP contribution in [0.5, 0.6) is 0 Å². The van der Waals surface area contributed by atoms with Crippen LogP contribution in [-0.4, -0.2) is 42.1 Å². The van der Waals surface area contributed by atoms with Gasteiger partial charge in [0.25, 0.3) is 0 Å². The molecule has 22 heavy (non-hydrogen) atoms. The van der Waals surface area contributed by atoms with E-state index in [1.807, 2.05) is 29.3 Å². The molecule has 0 N–H and O–H groups in total. The van der Waals surface area contributed by atoms with Crippen molar-refractivity contribution in [1.82, 2.24) is 9.88 Å². The number of ether oxygens (including phenoxy) is 1. The first kappa shape index (κ1) is 15.2. The average molecular weight is 320 g/mol. The molecular weight excluding hydrogens is 300 g/mol.